The van der Waals surface area contributed by atoms with Crippen LogP contribution in [0.5, 0.6) is 0 Å². The second kappa shape index (κ2) is 7.27. The van der Waals surface area contributed by atoms with Gasteiger partial charge >= 0.3 is 0 Å². The minimum atomic E-state index is -0.0367. The lowest BCUT2D eigenvalue weighted by molar-refractivity contribution is 0.0789. The maximum Gasteiger partial charge on any atom is 0.253 e. The van der Waals surface area contributed by atoms with Crippen LogP contribution >= 0.6 is 27.5 Å². The Labute approximate surface area is 128 Å². The second-order valence-electron chi connectivity index (χ2n) is 5.05. The van der Waals surface area contributed by atoms with Crippen LogP contribution in [-0.2, 0) is 0 Å². The van der Waals surface area contributed by atoms with Crippen LogP contribution in [-0.4, -0.2) is 30.4 Å². The number of benzene rings is 1. The van der Waals surface area contributed by atoms with Crippen LogP contribution in [0.4, 0.5) is 0 Å². The first kappa shape index (κ1) is 16.5. The quantitative estimate of drug-likeness (QED) is 0.885. The highest BCUT2D eigenvalue weighted by Crippen LogP contribution is 2.23. The Morgan fingerprint density at radius 2 is 2.11 bits per heavy atom. The van der Waals surface area contributed by atoms with Crippen LogP contribution in [0.2, 0.25) is 5.02 Å². The van der Waals surface area contributed by atoms with Gasteiger partial charge in [0, 0.05) is 29.7 Å². The van der Waals surface area contributed by atoms with Crippen molar-refractivity contribution < 1.29 is 4.79 Å². The number of nitrogens with zero attached hydrogens (tertiary/aromatic N) is 1. The molecule has 1 aromatic rings. The Hall–Kier alpha value is -0.580. The lowest BCUT2D eigenvalue weighted by Gasteiger charge is -2.21. The summed E-state index contributed by atoms with van der Waals surface area (Å²) in [5.41, 5.74) is 6.57. The maximum absolute atomic E-state index is 12.2. The smallest absolute Gasteiger partial charge is 0.253 e. The fourth-order valence-corrected chi connectivity index (χ4v) is 2.05. The molecule has 0 radical (unpaired) electrons. The molecule has 19 heavy (non-hydrogen) atoms. The van der Waals surface area contributed by atoms with E-state index >= 15 is 0 Å². The predicted molar refractivity (Wildman–Crippen MR) is 83.5 cm³/mol. The molecule has 2 N–H and O–H groups in total. The third-order valence-corrected chi connectivity index (χ3v) is 4.40. The monoisotopic (exact) mass is 346 g/mol. The van der Waals surface area contributed by atoms with E-state index in [9.17, 15) is 4.79 Å². The highest BCUT2D eigenvalue weighted by atomic mass is 79.9. The normalized spacial score (nSPS) is 12.6. The van der Waals surface area contributed by atoms with Crippen molar-refractivity contribution in [3.05, 3.63) is 33.3 Å². The zero-order chi connectivity index (χ0) is 14.6. The first-order valence-corrected chi connectivity index (χ1v) is 7.46. The van der Waals surface area contributed by atoms with Gasteiger partial charge in [0.05, 0.1) is 5.02 Å². The zero-order valence-electron chi connectivity index (χ0n) is 11.5. The van der Waals surface area contributed by atoms with Gasteiger partial charge in [0.15, 0.2) is 0 Å². The number of amides is 1. The summed E-state index contributed by atoms with van der Waals surface area (Å²) in [6, 6.07) is 5.33. The van der Waals surface area contributed by atoms with E-state index in [1.165, 1.54) is 0 Å². The van der Waals surface area contributed by atoms with E-state index in [1.807, 2.05) is 0 Å². The lowest BCUT2D eigenvalue weighted by Crippen LogP contribution is -2.34. The van der Waals surface area contributed by atoms with Gasteiger partial charge in [0.25, 0.3) is 5.91 Å². The number of hydrogen-bond donors (Lipinski definition) is 1. The van der Waals surface area contributed by atoms with E-state index in [-0.39, 0.29) is 11.9 Å². The molecule has 0 bridgehead atoms. The molecule has 3 nitrogen and oxygen atoms in total. The Balaban J connectivity index is 2.64. The fourth-order valence-electron chi connectivity index (χ4n) is 1.63. The van der Waals surface area contributed by atoms with Crippen LogP contribution in [0.1, 0.15) is 30.6 Å². The summed E-state index contributed by atoms with van der Waals surface area (Å²) in [7, 11) is 1.78. The van der Waals surface area contributed by atoms with Crippen LogP contribution in [0.15, 0.2) is 22.7 Å². The van der Waals surface area contributed by atoms with Crippen molar-refractivity contribution in [1.29, 1.82) is 0 Å². The van der Waals surface area contributed by atoms with E-state index in [2.05, 4.69) is 29.8 Å². The van der Waals surface area contributed by atoms with Crippen molar-refractivity contribution >= 4 is 33.4 Å². The minimum Gasteiger partial charge on any atom is -0.342 e. The van der Waals surface area contributed by atoms with Gasteiger partial charge in [-0.15, -0.1) is 0 Å². The minimum absolute atomic E-state index is 0.0367. The average molecular weight is 348 g/mol. The molecule has 0 saturated heterocycles. The number of rotatable bonds is 5. The SMILES string of the molecule is CC(C)C(N)CCN(C)C(=O)c1ccc(Br)c(Cl)c1. The molecule has 1 amide bonds. The average Bonchev–Trinajstić information content (AvgIpc) is 2.37. The number of hydrogen-bond acceptors (Lipinski definition) is 2. The molecule has 1 rings (SSSR count). The molecular formula is C14H20BrClN2O. The largest absolute Gasteiger partial charge is 0.342 e. The Bertz CT molecular complexity index is 451. The summed E-state index contributed by atoms with van der Waals surface area (Å²) in [6.07, 6.45) is 0.796. The molecule has 106 valence electrons. The van der Waals surface area contributed by atoms with Crippen molar-refractivity contribution in [2.75, 3.05) is 13.6 Å². The molecule has 1 atom stereocenters. The summed E-state index contributed by atoms with van der Waals surface area (Å²) in [5, 5.41) is 0.540. The molecule has 0 fully saturated rings. The van der Waals surface area contributed by atoms with Crippen molar-refractivity contribution in [2.24, 2.45) is 11.7 Å². The fraction of sp³-hybridized carbons (Fsp3) is 0.500. The van der Waals surface area contributed by atoms with Gasteiger partial charge in [-0.25, -0.2) is 0 Å². The van der Waals surface area contributed by atoms with Crippen LogP contribution < -0.4 is 5.73 Å². The van der Waals surface area contributed by atoms with Crippen LogP contribution in [0, 0.1) is 5.92 Å². The van der Waals surface area contributed by atoms with E-state index in [1.54, 1.807) is 30.1 Å². The van der Waals surface area contributed by atoms with Gasteiger partial charge in [-0.1, -0.05) is 25.4 Å². The van der Waals surface area contributed by atoms with Crippen molar-refractivity contribution in [2.45, 2.75) is 26.3 Å². The lowest BCUT2D eigenvalue weighted by atomic mass is 10.0. The van der Waals surface area contributed by atoms with Crippen molar-refractivity contribution in [1.82, 2.24) is 4.90 Å². The highest BCUT2D eigenvalue weighted by molar-refractivity contribution is 9.10. The van der Waals surface area contributed by atoms with Crippen molar-refractivity contribution in [3.63, 3.8) is 0 Å². The standard InChI is InChI=1S/C14H20BrClN2O/c1-9(2)13(17)6-7-18(3)14(19)10-4-5-11(15)12(16)8-10/h4-5,8-9,13H,6-7,17H2,1-3H3. The van der Waals surface area contributed by atoms with Crippen molar-refractivity contribution in [3.8, 4) is 0 Å². The number of halogens is 2. The number of nitrogens with two attached hydrogens (primary N) is 1. The molecule has 5 heteroatoms. The molecule has 0 aliphatic carbocycles. The Morgan fingerprint density at radius 1 is 1.47 bits per heavy atom. The molecule has 0 aliphatic heterocycles. The summed E-state index contributed by atoms with van der Waals surface area (Å²) in [4.78, 5) is 13.9. The molecule has 1 aromatic carbocycles. The van der Waals surface area contributed by atoms with Gasteiger partial charge in [-0.05, 0) is 46.5 Å². The number of carbonyl (C=O) groups excluding carboxylic acids is 1. The first-order chi connectivity index (χ1) is 8.82. The predicted octanol–water partition coefficient (Wildman–Crippen LogP) is 3.55. The highest BCUT2D eigenvalue weighted by Gasteiger charge is 2.15. The third-order valence-electron chi connectivity index (χ3n) is 3.17. The Morgan fingerprint density at radius 3 is 2.63 bits per heavy atom. The van der Waals surface area contributed by atoms with Gasteiger partial charge in [-0.2, -0.15) is 0 Å². The molecule has 0 aliphatic rings. The molecule has 0 aromatic heterocycles. The summed E-state index contributed by atoms with van der Waals surface area (Å²) in [5.74, 6) is 0.385. The van der Waals surface area contributed by atoms with E-state index in [0.29, 0.717) is 23.0 Å². The Kier molecular flexibility index (Phi) is 6.30. The molecule has 1 unspecified atom stereocenters. The summed E-state index contributed by atoms with van der Waals surface area (Å²) < 4.78 is 0.787. The first-order valence-electron chi connectivity index (χ1n) is 6.29. The van der Waals surface area contributed by atoms with E-state index < -0.39 is 0 Å². The van der Waals surface area contributed by atoms with Gasteiger partial charge < -0.3 is 10.6 Å². The molecule has 0 heterocycles. The zero-order valence-corrected chi connectivity index (χ0v) is 13.8. The maximum atomic E-state index is 12.2. The van der Waals surface area contributed by atoms with Gasteiger partial charge in [0.1, 0.15) is 0 Å². The molecule has 0 spiro atoms. The second-order valence-corrected chi connectivity index (χ2v) is 6.31. The number of carbonyl (C=O) groups is 1. The van der Waals surface area contributed by atoms with Crippen LogP contribution in [0.25, 0.3) is 0 Å². The van der Waals surface area contributed by atoms with Crippen LogP contribution in [0.3, 0.4) is 0 Å². The van der Waals surface area contributed by atoms with E-state index in [4.69, 9.17) is 17.3 Å². The molecular weight excluding hydrogens is 328 g/mol. The topological polar surface area (TPSA) is 46.3 Å². The summed E-state index contributed by atoms with van der Waals surface area (Å²) in [6.45, 7) is 4.81. The molecule has 0 saturated carbocycles. The van der Waals surface area contributed by atoms with Gasteiger partial charge in [-0.3, -0.25) is 4.79 Å². The summed E-state index contributed by atoms with van der Waals surface area (Å²) >= 11 is 9.30. The third kappa shape index (κ3) is 4.79. The van der Waals surface area contributed by atoms with Gasteiger partial charge in [0.2, 0.25) is 0 Å². The van der Waals surface area contributed by atoms with E-state index in [0.717, 1.165) is 10.9 Å².